The van der Waals surface area contributed by atoms with E-state index in [1.165, 1.54) is 6.07 Å². The number of hydrogen-bond donors (Lipinski definition) is 2. The average Bonchev–Trinajstić information content (AvgIpc) is 2.46. The zero-order chi connectivity index (χ0) is 15.5. The molecule has 0 aliphatic heterocycles. The monoisotopic (exact) mass is 326 g/mol. The molecule has 0 fully saturated rings. The van der Waals surface area contributed by atoms with Crippen LogP contribution in [-0.2, 0) is 12.2 Å². The van der Waals surface area contributed by atoms with Gasteiger partial charge in [0.05, 0.1) is 11.6 Å². The first kappa shape index (κ1) is 16.1. The van der Waals surface area contributed by atoms with Crippen LogP contribution in [0, 0.1) is 0 Å². The maximum absolute atomic E-state index is 10.5. The van der Waals surface area contributed by atoms with Gasteiger partial charge in [-0.15, -0.1) is 0 Å². The minimum Gasteiger partial charge on any atom is -0.488 e. The van der Waals surface area contributed by atoms with Crippen molar-refractivity contribution in [3.63, 3.8) is 0 Å². The molecule has 0 saturated carbocycles. The van der Waals surface area contributed by atoms with Gasteiger partial charge in [0.25, 0.3) is 0 Å². The summed E-state index contributed by atoms with van der Waals surface area (Å²) in [7, 11) is 0. The normalized spacial score (nSPS) is 13.8. The summed E-state index contributed by atoms with van der Waals surface area (Å²) < 4.78 is 5.63. The van der Waals surface area contributed by atoms with Gasteiger partial charge in [-0.05, 0) is 24.6 Å². The standard InChI is InChI=1S/C16H16Cl2O3/c1-16(20,12-5-3-2-4-6-12)10-21-15-11(9-19)7-13(17)8-14(15)18/h2-8,19-20H,9-10H2,1H3. The molecule has 2 aromatic rings. The zero-order valence-electron chi connectivity index (χ0n) is 11.5. The predicted octanol–water partition coefficient (Wildman–Crippen LogP) is 3.77. The van der Waals surface area contributed by atoms with Gasteiger partial charge in [0.15, 0.2) is 0 Å². The highest BCUT2D eigenvalue weighted by atomic mass is 35.5. The van der Waals surface area contributed by atoms with E-state index >= 15 is 0 Å². The molecule has 0 radical (unpaired) electrons. The lowest BCUT2D eigenvalue weighted by Gasteiger charge is -2.25. The number of hydrogen-bond acceptors (Lipinski definition) is 3. The van der Waals surface area contributed by atoms with Crippen LogP contribution in [0.5, 0.6) is 5.75 Å². The molecule has 0 amide bonds. The van der Waals surface area contributed by atoms with Crippen LogP contribution < -0.4 is 4.74 Å². The second-order valence-electron chi connectivity index (χ2n) is 4.96. The summed E-state index contributed by atoms with van der Waals surface area (Å²) in [5, 5.41) is 20.6. The Morgan fingerprint density at radius 1 is 1.14 bits per heavy atom. The number of ether oxygens (including phenoxy) is 1. The number of aliphatic hydroxyl groups is 2. The van der Waals surface area contributed by atoms with Crippen molar-refractivity contribution in [2.75, 3.05) is 6.61 Å². The fraction of sp³-hybridized carbons (Fsp3) is 0.250. The van der Waals surface area contributed by atoms with Crippen LogP contribution in [0.2, 0.25) is 10.0 Å². The van der Waals surface area contributed by atoms with Gasteiger partial charge in [0, 0.05) is 10.6 Å². The summed E-state index contributed by atoms with van der Waals surface area (Å²) in [6, 6.07) is 12.3. The number of benzene rings is 2. The van der Waals surface area contributed by atoms with Crippen LogP contribution in [0.15, 0.2) is 42.5 Å². The van der Waals surface area contributed by atoms with Gasteiger partial charge < -0.3 is 14.9 Å². The van der Waals surface area contributed by atoms with E-state index < -0.39 is 5.60 Å². The van der Waals surface area contributed by atoms with Crippen LogP contribution >= 0.6 is 23.2 Å². The third-order valence-corrected chi connectivity index (χ3v) is 3.65. The van der Waals surface area contributed by atoms with Crippen molar-refractivity contribution in [2.45, 2.75) is 19.1 Å². The number of rotatable bonds is 5. The Morgan fingerprint density at radius 3 is 2.43 bits per heavy atom. The Labute approximate surface area is 133 Å². The first-order chi connectivity index (χ1) is 9.94. The van der Waals surface area contributed by atoms with Gasteiger partial charge in [-0.1, -0.05) is 53.5 Å². The fourth-order valence-corrected chi connectivity index (χ4v) is 2.58. The number of aliphatic hydroxyl groups excluding tert-OH is 1. The van der Waals surface area contributed by atoms with Gasteiger partial charge in [-0.2, -0.15) is 0 Å². The zero-order valence-corrected chi connectivity index (χ0v) is 13.0. The van der Waals surface area contributed by atoms with E-state index in [4.69, 9.17) is 27.9 Å². The lowest BCUT2D eigenvalue weighted by atomic mass is 9.97. The molecule has 112 valence electrons. The van der Waals surface area contributed by atoms with Gasteiger partial charge in [-0.25, -0.2) is 0 Å². The van der Waals surface area contributed by atoms with E-state index in [-0.39, 0.29) is 13.2 Å². The molecule has 0 bridgehead atoms. The molecule has 0 aliphatic carbocycles. The Morgan fingerprint density at radius 2 is 1.81 bits per heavy atom. The summed E-state index contributed by atoms with van der Waals surface area (Å²) in [4.78, 5) is 0. The predicted molar refractivity (Wildman–Crippen MR) is 83.9 cm³/mol. The number of halogens is 2. The topological polar surface area (TPSA) is 49.7 Å². The smallest absolute Gasteiger partial charge is 0.143 e. The van der Waals surface area contributed by atoms with Crippen LogP contribution in [0.4, 0.5) is 0 Å². The minimum atomic E-state index is -1.17. The molecular weight excluding hydrogens is 311 g/mol. The fourth-order valence-electron chi connectivity index (χ4n) is 1.99. The first-order valence-electron chi connectivity index (χ1n) is 6.43. The van der Waals surface area contributed by atoms with E-state index in [9.17, 15) is 10.2 Å². The van der Waals surface area contributed by atoms with Gasteiger partial charge in [0.1, 0.15) is 18.0 Å². The van der Waals surface area contributed by atoms with Crippen molar-refractivity contribution in [3.05, 3.63) is 63.6 Å². The Bertz CT molecular complexity index is 612. The van der Waals surface area contributed by atoms with E-state index in [1.807, 2.05) is 30.3 Å². The van der Waals surface area contributed by atoms with Crippen molar-refractivity contribution in [2.24, 2.45) is 0 Å². The van der Waals surface area contributed by atoms with Gasteiger partial charge in [-0.3, -0.25) is 0 Å². The Balaban J connectivity index is 2.20. The van der Waals surface area contributed by atoms with Crippen molar-refractivity contribution in [3.8, 4) is 5.75 Å². The van der Waals surface area contributed by atoms with Crippen molar-refractivity contribution < 1.29 is 14.9 Å². The van der Waals surface area contributed by atoms with Crippen molar-refractivity contribution in [1.82, 2.24) is 0 Å². The third-order valence-electron chi connectivity index (χ3n) is 3.15. The Hall–Kier alpha value is -1.26. The average molecular weight is 327 g/mol. The van der Waals surface area contributed by atoms with E-state index in [0.717, 1.165) is 5.56 Å². The molecule has 0 aliphatic rings. The molecule has 21 heavy (non-hydrogen) atoms. The highest BCUT2D eigenvalue weighted by molar-refractivity contribution is 6.35. The largest absolute Gasteiger partial charge is 0.488 e. The molecule has 0 saturated heterocycles. The lowest BCUT2D eigenvalue weighted by molar-refractivity contribution is 0.00699. The molecule has 2 aromatic carbocycles. The third kappa shape index (κ3) is 3.89. The summed E-state index contributed by atoms with van der Waals surface area (Å²) in [5.74, 6) is 0.333. The second kappa shape index (κ2) is 6.67. The lowest BCUT2D eigenvalue weighted by Crippen LogP contribution is -2.29. The molecule has 3 nitrogen and oxygen atoms in total. The summed E-state index contributed by atoms with van der Waals surface area (Å²) in [6.07, 6.45) is 0. The molecule has 1 atom stereocenters. The highest BCUT2D eigenvalue weighted by Crippen LogP contribution is 2.34. The van der Waals surface area contributed by atoms with E-state index in [1.54, 1.807) is 13.0 Å². The molecule has 1 unspecified atom stereocenters. The SMILES string of the molecule is CC(O)(COc1c(Cl)cc(Cl)cc1CO)c1ccccc1. The Kier molecular flexibility index (Phi) is 5.12. The van der Waals surface area contributed by atoms with Crippen LogP contribution in [0.25, 0.3) is 0 Å². The molecular formula is C16H16Cl2O3. The van der Waals surface area contributed by atoms with E-state index in [0.29, 0.717) is 21.4 Å². The quantitative estimate of drug-likeness (QED) is 0.879. The van der Waals surface area contributed by atoms with E-state index in [2.05, 4.69) is 0 Å². The molecule has 0 spiro atoms. The molecule has 5 heteroatoms. The summed E-state index contributed by atoms with van der Waals surface area (Å²) >= 11 is 12.0. The highest BCUT2D eigenvalue weighted by Gasteiger charge is 2.25. The van der Waals surface area contributed by atoms with Crippen LogP contribution in [0.3, 0.4) is 0 Å². The molecule has 2 N–H and O–H groups in total. The second-order valence-corrected chi connectivity index (χ2v) is 5.81. The maximum Gasteiger partial charge on any atom is 0.143 e. The first-order valence-corrected chi connectivity index (χ1v) is 7.19. The van der Waals surface area contributed by atoms with Crippen LogP contribution in [0.1, 0.15) is 18.1 Å². The minimum absolute atomic E-state index is 0.00532. The molecule has 0 heterocycles. The molecule has 0 aromatic heterocycles. The summed E-state index contributed by atoms with van der Waals surface area (Å²) in [6.45, 7) is 1.42. The van der Waals surface area contributed by atoms with Gasteiger partial charge >= 0.3 is 0 Å². The van der Waals surface area contributed by atoms with Crippen molar-refractivity contribution >= 4 is 23.2 Å². The molecule has 2 rings (SSSR count). The van der Waals surface area contributed by atoms with Gasteiger partial charge in [0.2, 0.25) is 0 Å². The van der Waals surface area contributed by atoms with Crippen molar-refractivity contribution in [1.29, 1.82) is 0 Å². The maximum atomic E-state index is 10.5. The summed E-state index contributed by atoms with van der Waals surface area (Å²) in [5.41, 5.74) is 0.0497. The van der Waals surface area contributed by atoms with Crippen LogP contribution in [-0.4, -0.2) is 16.8 Å².